The minimum absolute atomic E-state index is 0.136. The third-order valence-electron chi connectivity index (χ3n) is 4.24. The molecule has 0 amide bonds. The zero-order valence-electron chi connectivity index (χ0n) is 11.8. The van der Waals surface area contributed by atoms with Crippen LogP contribution in [-0.2, 0) is 6.54 Å². The van der Waals surface area contributed by atoms with E-state index in [0.29, 0.717) is 0 Å². The van der Waals surface area contributed by atoms with Crippen molar-refractivity contribution in [2.45, 2.75) is 44.7 Å². The zero-order valence-corrected chi connectivity index (χ0v) is 12.6. The Kier molecular flexibility index (Phi) is 3.90. The van der Waals surface area contributed by atoms with Crippen LogP contribution in [0, 0.1) is 5.82 Å². The Balaban J connectivity index is 1.76. The molecule has 0 bridgehead atoms. The quantitative estimate of drug-likeness (QED) is 0.837. The molecule has 0 radical (unpaired) electrons. The molecule has 106 valence electrons. The van der Waals surface area contributed by atoms with E-state index in [1.54, 1.807) is 17.4 Å². The van der Waals surface area contributed by atoms with E-state index in [1.165, 1.54) is 25.7 Å². The molecular weight excluding hydrogens is 269 g/mol. The van der Waals surface area contributed by atoms with Crippen LogP contribution in [-0.4, -0.2) is 5.54 Å². The van der Waals surface area contributed by atoms with Crippen molar-refractivity contribution < 1.29 is 4.39 Å². The lowest BCUT2D eigenvalue weighted by Crippen LogP contribution is -2.38. The SMILES string of the molecule is CC1(NCc2ccc(F)c(-c3cccs3)c2)CCCC1. The summed E-state index contributed by atoms with van der Waals surface area (Å²) in [6, 6.07) is 9.38. The van der Waals surface area contributed by atoms with Gasteiger partial charge in [-0.2, -0.15) is 0 Å². The minimum atomic E-state index is -0.136. The summed E-state index contributed by atoms with van der Waals surface area (Å²) in [5, 5.41) is 5.63. The molecule has 0 aliphatic heterocycles. The molecular formula is C17H20FNS. The third-order valence-corrected chi connectivity index (χ3v) is 5.15. The number of benzene rings is 1. The summed E-state index contributed by atoms with van der Waals surface area (Å²) in [7, 11) is 0. The molecule has 0 atom stereocenters. The van der Waals surface area contributed by atoms with Gasteiger partial charge < -0.3 is 5.32 Å². The monoisotopic (exact) mass is 289 g/mol. The summed E-state index contributed by atoms with van der Waals surface area (Å²) >= 11 is 1.58. The van der Waals surface area contributed by atoms with Crippen LogP contribution in [0.4, 0.5) is 4.39 Å². The van der Waals surface area contributed by atoms with Crippen LogP contribution in [0.2, 0.25) is 0 Å². The fourth-order valence-electron chi connectivity index (χ4n) is 2.95. The molecule has 1 aliphatic carbocycles. The van der Waals surface area contributed by atoms with Crippen molar-refractivity contribution in [2.75, 3.05) is 0 Å². The Morgan fingerprint density at radius 3 is 2.75 bits per heavy atom. The highest BCUT2D eigenvalue weighted by Crippen LogP contribution is 2.30. The molecule has 20 heavy (non-hydrogen) atoms. The number of hydrogen-bond donors (Lipinski definition) is 1. The first kappa shape index (κ1) is 13.8. The average molecular weight is 289 g/mol. The van der Waals surface area contributed by atoms with Crippen molar-refractivity contribution in [1.29, 1.82) is 0 Å². The standard InChI is InChI=1S/C17H20FNS/c1-17(8-2-3-9-17)19-12-13-6-7-15(18)14(11-13)16-5-4-10-20-16/h4-7,10-11,19H,2-3,8-9,12H2,1H3. The first-order valence-electron chi connectivity index (χ1n) is 7.24. The van der Waals surface area contributed by atoms with Gasteiger partial charge in [-0.3, -0.25) is 0 Å². The van der Waals surface area contributed by atoms with Gasteiger partial charge in [0.05, 0.1) is 0 Å². The fraction of sp³-hybridized carbons (Fsp3) is 0.412. The second-order valence-corrected chi connectivity index (χ2v) is 6.86. The summed E-state index contributed by atoms with van der Waals surface area (Å²) in [5.41, 5.74) is 2.14. The topological polar surface area (TPSA) is 12.0 Å². The fourth-order valence-corrected chi connectivity index (χ4v) is 3.69. The minimum Gasteiger partial charge on any atom is -0.307 e. The predicted octanol–water partition coefficient (Wildman–Crippen LogP) is 4.98. The van der Waals surface area contributed by atoms with E-state index in [4.69, 9.17) is 0 Å². The van der Waals surface area contributed by atoms with Crippen molar-refractivity contribution in [1.82, 2.24) is 5.32 Å². The number of hydrogen-bond acceptors (Lipinski definition) is 2. The smallest absolute Gasteiger partial charge is 0.131 e. The van der Waals surface area contributed by atoms with Crippen LogP contribution in [0.1, 0.15) is 38.2 Å². The normalized spacial score (nSPS) is 17.5. The molecule has 2 aromatic rings. The molecule has 1 heterocycles. The third kappa shape index (κ3) is 2.94. The number of nitrogens with one attached hydrogen (secondary N) is 1. The molecule has 1 N–H and O–H groups in total. The Labute approximate surface area is 123 Å². The van der Waals surface area contributed by atoms with E-state index < -0.39 is 0 Å². The molecule has 0 unspecified atom stereocenters. The second-order valence-electron chi connectivity index (χ2n) is 5.91. The van der Waals surface area contributed by atoms with Crippen LogP contribution in [0.25, 0.3) is 10.4 Å². The van der Waals surface area contributed by atoms with E-state index in [2.05, 4.69) is 12.2 Å². The van der Waals surface area contributed by atoms with Gasteiger partial charge >= 0.3 is 0 Å². The Morgan fingerprint density at radius 2 is 2.05 bits per heavy atom. The van der Waals surface area contributed by atoms with E-state index in [0.717, 1.165) is 22.5 Å². The van der Waals surface area contributed by atoms with Gasteiger partial charge in [0.1, 0.15) is 5.82 Å². The van der Waals surface area contributed by atoms with E-state index in [-0.39, 0.29) is 11.4 Å². The Bertz CT molecular complexity index is 571. The summed E-state index contributed by atoms with van der Waals surface area (Å²) in [5.74, 6) is -0.136. The predicted molar refractivity (Wildman–Crippen MR) is 83.4 cm³/mol. The zero-order chi connectivity index (χ0) is 14.0. The van der Waals surface area contributed by atoms with Gasteiger partial charge in [-0.15, -0.1) is 11.3 Å². The highest BCUT2D eigenvalue weighted by molar-refractivity contribution is 7.13. The molecule has 1 aliphatic rings. The van der Waals surface area contributed by atoms with Gasteiger partial charge in [-0.1, -0.05) is 25.0 Å². The maximum atomic E-state index is 13.9. The molecule has 0 saturated heterocycles. The molecule has 1 fully saturated rings. The molecule has 0 spiro atoms. The van der Waals surface area contributed by atoms with Gasteiger partial charge in [0.25, 0.3) is 0 Å². The van der Waals surface area contributed by atoms with Gasteiger partial charge in [0, 0.05) is 22.5 Å². The largest absolute Gasteiger partial charge is 0.307 e. The maximum Gasteiger partial charge on any atom is 0.131 e. The van der Waals surface area contributed by atoms with Gasteiger partial charge in [-0.05, 0) is 48.9 Å². The number of rotatable bonds is 4. The lowest BCUT2D eigenvalue weighted by molar-refractivity contribution is 0.362. The highest BCUT2D eigenvalue weighted by Gasteiger charge is 2.27. The van der Waals surface area contributed by atoms with Crippen molar-refractivity contribution in [3.8, 4) is 10.4 Å². The number of thiophene rings is 1. The molecule has 1 saturated carbocycles. The lowest BCUT2D eigenvalue weighted by Gasteiger charge is -2.25. The van der Waals surface area contributed by atoms with E-state index >= 15 is 0 Å². The van der Waals surface area contributed by atoms with Crippen molar-refractivity contribution in [3.63, 3.8) is 0 Å². The Morgan fingerprint density at radius 1 is 1.25 bits per heavy atom. The van der Waals surface area contributed by atoms with Crippen LogP contribution < -0.4 is 5.32 Å². The first-order valence-corrected chi connectivity index (χ1v) is 8.12. The summed E-state index contributed by atoms with van der Waals surface area (Å²) in [4.78, 5) is 0.997. The van der Waals surface area contributed by atoms with Crippen molar-refractivity contribution in [3.05, 3.63) is 47.1 Å². The van der Waals surface area contributed by atoms with Crippen molar-refractivity contribution >= 4 is 11.3 Å². The summed E-state index contributed by atoms with van der Waals surface area (Å²) in [6.45, 7) is 3.11. The van der Waals surface area contributed by atoms with Crippen LogP contribution >= 0.6 is 11.3 Å². The van der Waals surface area contributed by atoms with Gasteiger partial charge in [-0.25, -0.2) is 4.39 Å². The molecule has 3 rings (SSSR count). The Hall–Kier alpha value is -1.19. The number of halogens is 1. The maximum absolute atomic E-state index is 13.9. The van der Waals surface area contributed by atoms with E-state index in [1.807, 2.05) is 29.6 Å². The molecule has 1 nitrogen and oxygen atoms in total. The first-order chi connectivity index (χ1) is 9.66. The second kappa shape index (κ2) is 5.66. The molecule has 1 aromatic heterocycles. The molecule has 3 heteroatoms. The van der Waals surface area contributed by atoms with Crippen molar-refractivity contribution in [2.24, 2.45) is 0 Å². The molecule has 1 aromatic carbocycles. The van der Waals surface area contributed by atoms with Crippen LogP contribution in [0.5, 0.6) is 0 Å². The van der Waals surface area contributed by atoms with Crippen LogP contribution in [0.15, 0.2) is 35.7 Å². The van der Waals surface area contributed by atoms with Gasteiger partial charge in [0.2, 0.25) is 0 Å². The summed E-state index contributed by atoms with van der Waals surface area (Å²) in [6.07, 6.45) is 5.11. The summed E-state index contributed by atoms with van der Waals surface area (Å²) < 4.78 is 13.9. The van der Waals surface area contributed by atoms with Gasteiger partial charge in [0.15, 0.2) is 0 Å². The highest BCUT2D eigenvalue weighted by atomic mass is 32.1. The van der Waals surface area contributed by atoms with Crippen LogP contribution in [0.3, 0.4) is 0 Å². The van der Waals surface area contributed by atoms with E-state index in [9.17, 15) is 4.39 Å². The lowest BCUT2D eigenvalue weighted by atomic mass is 10.00. The average Bonchev–Trinajstić information content (AvgIpc) is 3.10.